The summed E-state index contributed by atoms with van der Waals surface area (Å²) in [6.07, 6.45) is 36.7. The number of benzene rings is 1. The number of nitrogens with zero attached hydrogens (tertiary/aromatic N) is 2. The first-order chi connectivity index (χ1) is 18.8. The molecule has 1 heterocycles. The minimum absolute atomic E-state index is 1.15. The molecule has 0 atom stereocenters. The second-order valence-corrected chi connectivity index (χ2v) is 11.8. The van der Waals surface area contributed by atoms with Crippen LogP contribution in [0.25, 0.3) is 0 Å². The fraction of sp³-hybridized carbons (Fsp3) is 0.750. The van der Waals surface area contributed by atoms with Crippen LogP contribution >= 0.6 is 0 Å². The third-order valence-electron chi connectivity index (χ3n) is 8.30. The first-order valence-electron chi connectivity index (χ1n) is 17.0. The number of aryl methyl sites for hydroxylation is 3. The van der Waals surface area contributed by atoms with Crippen molar-refractivity contribution in [2.24, 2.45) is 0 Å². The number of hydrogen-bond donors (Lipinski definition) is 0. The summed E-state index contributed by atoms with van der Waals surface area (Å²) in [4.78, 5) is 0. The van der Waals surface area contributed by atoms with E-state index in [1.54, 1.807) is 5.82 Å². The van der Waals surface area contributed by atoms with Crippen LogP contribution in [0.3, 0.4) is 0 Å². The molecule has 2 rings (SSSR count). The molecule has 2 heteroatoms. The van der Waals surface area contributed by atoms with Gasteiger partial charge in [-0.2, -0.15) is 0 Å². The molecule has 0 radical (unpaired) electrons. The van der Waals surface area contributed by atoms with Gasteiger partial charge in [-0.15, -0.1) is 0 Å². The maximum Gasteiger partial charge on any atom is 0.256 e. The zero-order valence-electron chi connectivity index (χ0n) is 25.6. The van der Waals surface area contributed by atoms with E-state index >= 15 is 0 Å². The Labute approximate surface area is 237 Å². The molecule has 0 unspecified atom stereocenters. The molecule has 0 aliphatic rings. The Bertz CT molecular complexity index is 763. The van der Waals surface area contributed by atoms with E-state index < -0.39 is 0 Å². The second kappa shape index (κ2) is 23.3. The van der Waals surface area contributed by atoms with Crippen molar-refractivity contribution in [1.29, 1.82) is 0 Å². The molecule has 2 aromatic rings. The van der Waals surface area contributed by atoms with Crippen molar-refractivity contribution in [2.45, 2.75) is 175 Å². The second-order valence-electron chi connectivity index (χ2n) is 11.8. The fourth-order valence-corrected chi connectivity index (χ4v) is 5.83. The van der Waals surface area contributed by atoms with Crippen LogP contribution in [0.15, 0.2) is 42.7 Å². The van der Waals surface area contributed by atoms with Crippen molar-refractivity contribution >= 4 is 0 Å². The van der Waals surface area contributed by atoms with Gasteiger partial charge in [0.05, 0.1) is 13.1 Å². The van der Waals surface area contributed by atoms with Crippen molar-refractivity contribution in [3.05, 3.63) is 54.1 Å². The van der Waals surface area contributed by atoms with Gasteiger partial charge in [0.1, 0.15) is 12.4 Å². The van der Waals surface area contributed by atoms with Gasteiger partial charge < -0.3 is 0 Å². The minimum atomic E-state index is 1.15. The molecule has 216 valence electrons. The Morgan fingerprint density at radius 2 is 1.03 bits per heavy atom. The summed E-state index contributed by atoms with van der Waals surface area (Å²) < 4.78 is 5.17. The quantitative estimate of drug-likeness (QED) is 0.0856. The van der Waals surface area contributed by atoms with Gasteiger partial charge in [0.15, 0.2) is 0 Å². The van der Waals surface area contributed by atoms with Gasteiger partial charge in [0, 0.05) is 6.42 Å². The number of unbranched alkanes of at least 4 members (excludes halogenated alkanes) is 18. The number of hydrogen-bond acceptors (Lipinski definition) is 0. The van der Waals surface area contributed by atoms with E-state index in [1.807, 2.05) is 0 Å². The van der Waals surface area contributed by atoms with E-state index in [9.17, 15) is 0 Å². The molecule has 0 saturated heterocycles. The van der Waals surface area contributed by atoms with Gasteiger partial charge in [0.2, 0.25) is 0 Å². The van der Waals surface area contributed by atoms with Gasteiger partial charge >= 0.3 is 0 Å². The average Bonchev–Trinajstić information content (AvgIpc) is 3.32. The van der Waals surface area contributed by atoms with Crippen LogP contribution in [0.5, 0.6) is 0 Å². The first-order valence-corrected chi connectivity index (χ1v) is 17.0. The summed E-state index contributed by atoms with van der Waals surface area (Å²) >= 11 is 0. The highest BCUT2D eigenvalue weighted by Gasteiger charge is 2.16. The van der Waals surface area contributed by atoms with E-state index in [1.165, 1.54) is 160 Å². The lowest BCUT2D eigenvalue weighted by atomic mass is 10.0. The lowest BCUT2D eigenvalue weighted by Crippen LogP contribution is -2.37. The van der Waals surface area contributed by atoms with Crippen molar-refractivity contribution in [1.82, 2.24) is 4.57 Å². The van der Waals surface area contributed by atoms with Crippen LogP contribution in [0, 0.1) is 0 Å². The topological polar surface area (TPSA) is 8.81 Å². The highest BCUT2D eigenvalue weighted by Crippen LogP contribution is 2.14. The fourth-order valence-electron chi connectivity index (χ4n) is 5.83. The summed E-state index contributed by atoms with van der Waals surface area (Å²) in [5, 5.41) is 0. The molecular formula is C36H63N2+. The van der Waals surface area contributed by atoms with E-state index in [-0.39, 0.29) is 0 Å². The van der Waals surface area contributed by atoms with Crippen molar-refractivity contribution in [3.8, 4) is 0 Å². The highest BCUT2D eigenvalue weighted by molar-refractivity contribution is 5.14. The van der Waals surface area contributed by atoms with Gasteiger partial charge in [-0.1, -0.05) is 153 Å². The smallest absolute Gasteiger partial charge is 0.234 e. The Hall–Kier alpha value is -1.57. The molecule has 1 aromatic heterocycles. The summed E-state index contributed by atoms with van der Waals surface area (Å²) in [5.41, 5.74) is 1.47. The Kier molecular flexibility index (Phi) is 20.0. The third kappa shape index (κ3) is 15.7. The first kappa shape index (κ1) is 32.6. The number of rotatable bonds is 26. The average molecular weight is 524 g/mol. The van der Waals surface area contributed by atoms with Gasteiger partial charge in [-0.3, -0.25) is 0 Å². The Morgan fingerprint density at radius 1 is 0.526 bits per heavy atom. The monoisotopic (exact) mass is 523 g/mol. The van der Waals surface area contributed by atoms with Gasteiger partial charge in [-0.05, 0) is 37.7 Å². The molecule has 1 aromatic carbocycles. The summed E-state index contributed by atoms with van der Waals surface area (Å²) in [6, 6.07) is 11.0. The van der Waals surface area contributed by atoms with Crippen LogP contribution in [0.1, 0.15) is 160 Å². The zero-order valence-corrected chi connectivity index (χ0v) is 25.6. The van der Waals surface area contributed by atoms with E-state index in [4.69, 9.17) is 0 Å². The Balaban J connectivity index is 1.69. The molecule has 0 amide bonds. The molecule has 0 N–H and O–H groups in total. The predicted molar refractivity (Wildman–Crippen MR) is 167 cm³/mol. The molecule has 0 fully saturated rings. The molecule has 38 heavy (non-hydrogen) atoms. The van der Waals surface area contributed by atoms with Crippen molar-refractivity contribution in [2.75, 3.05) is 0 Å². The van der Waals surface area contributed by atoms with Crippen LogP contribution in [-0.4, -0.2) is 4.57 Å². The van der Waals surface area contributed by atoms with E-state index in [0.717, 1.165) is 6.54 Å². The van der Waals surface area contributed by atoms with E-state index in [0.29, 0.717) is 0 Å². The SMILES string of the molecule is CCCCCCCCCCCCCCc1n(CCCCCCCCCC)cc[n+]1CCCc1ccccc1. The molecular weight excluding hydrogens is 460 g/mol. The standard InChI is InChI=1S/C36H63N2/c1-3-5-7-9-11-13-14-15-16-17-19-24-30-36-37(31-25-20-18-12-10-8-6-4-2)33-34-38(36)32-26-29-35-27-22-21-23-28-35/h21-23,27-28,33-34H,3-20,24-26,29-32H2,1-2H3/q+1. The molecule has 0 aliphatic carbocycles. The molecule has 0 bridgehead atoms. The Morgan fingerprint density at radius 3 is 1.58 bits per heavy atom. The lowest BCUT2D eigenvalue weighted by molar-refractivity contribution is -0.704. The maximum absolute atomic E-state index is 2.60. The molecule has 0 aliphatic heterocycles. The number of imidazole rings is 1. The zero-order chi connectivity index (χ0) is 26.9. The normalized spacial score (nSPS) is 11.4. The largest absolute Gasteiger partial charge is 0.256 e. The summed E-state index contributed by atoms with van der Waals surface area (Å²) in [5.74, 6) is 1.58. The molecule has 2 nitrogen and oxygen atoms in total. The third-order valence-corrected chi connectivity index (χ3v) is 8.30. The predicted octanol–water partition coefficient (Wildman–Crippen LogP) is 10.8. The van der Waals surface area contributed by atoms with Crippen LogP contribution < -0.4 is 4.57 Å². The summed E-state index contributed by atoms with van der Waals surface area (Å²) in [6.45, 7) is 6.96. The number of aromatic nitrogens is 2. The van der Waals surface area contributed by atoms with Crippen LogP contribution in [0.2, 0.25) is 0 Å². The summed E-state index contributed by atoms with van der Waals surface area (Å²) in [7, 11) is 0. The minimum Gasteiger partial charge on any atom is -0.234 e. The molecule has 0 spiro atoms. The lowest BCUT2D eigenvalue weighted by Gasteiger charge is -2.07. The van der Waals surface area contributed by atoms with Gasteiger partial charge in [0.25, 0.3) is 5.82 Å². The van der Waals surface area contributed by atoms with E-state index in [2.05, 4.69) is 65.7 Å². The van der Waals surface area contributed by atoms with Crippen molar-refractivity contribution < 1.29 is 4.57 Å². The van der Waals surface area contributed by atoms with Crippen molar-refractivity contribution in [3.63, 3.8) is 0 Å². The highest BCUT2D eigenvalue weighted by atomic mass is 15.1. The van der Waals surface area contributed by atoms with Crippen LogP contribution in [-0.2, 0) is 25.9 Å². The molecule has 0 saturated carbocycles. The van der Waals surface area contributed by atoms with Crippen LogP contribution in [0.4, 0.5) is 0 Å². The maximum atomic E-state index is 2.60. The van der Waals surface area contributed by atoms with Gasteiger partial charge in [-0.25, -0.2) is 9.13 Å².